The highest BCUT2D eigenvalue weighted by Crippen LogP contribution is 2.56. The molecule has 0 amide bonds. The molecule has 7 heteroatoms. The Morgan fingerprint density at radius 1 is 1.35 bits per heavy atom. The second kappa shape index (κ2) is 4.16. The number of fused-ring (bicyclic) bond motifs is 1. The van der Waals surface area contributed by atoms with Crippen molar-refractivity contribution in [1.29, 1.82) is 0 Å². The molecule has 0 N–H and O–H groups in total. The molecule has 1 heterocycles. The average molecular weight is 285 g/mol. The van der Waals surface area contributed by atoms with Crippen LogP contribution in [-0.4, -0.2) is 16.9 Å². The van der Waals surface area contributed by atoms with E-state index < -0.39 is 23.6 Å². The number of carbonyl (C=O) groups excluding carboxylic acids is 1. The lowest BCUT2D eigenvalue weighted by molar-refractivity contribution is -0.0788. The van der Waals surface area contributed by atoms with Crippen molar-refractivity contribution in [1.82, 2.24) is 4.98 Å². The summed E-state index contributed by atoms with van der Waals surface area (Å²) >= 11 is 0. The molecular formula is C13H7F4NO2. The minimum atomic E-state index is -2.88. The number of alkyl halides is 2. The zero-order chi connectivity index (χ0) is 14.5. The van der Waals surface area contributed by atoms with Crippen molar-refractivity contribution < 1.29 is 27.4 Å². The number of hydrogen-bond donors (Lipinski definition) is 0. The van der Waals surface area contributed by atoms with E-state index in [-0.39, 0.29) is 28.5 Å². The van der Waals surface area contributed by atoms with Gasteiger partial charge >= 0.3 is 5.97 Å². The lowest BCUT2D eigenvalue weighted by Gasteiger charge is -2.05. The molecule has 1 atom stereocenters. The molecule has 0 aliphatic heterocycles. The maximum Gasteiger partial charge on any atom is 0.381 e. The molecule has 0 radical (unpaired) electrons. The Hall–Kier alpha value is -2.18. The van der Waals surface area contributed by atoms with Crippen LogP contribution in [-0.2, 0) is 4.94 Å². The summed E-state index contributed by atoms with van der Waals surface area (Å²) in [7, 11) is 0. The van der Waals surface area contributed by atoms with Crippen molar-refractivity contribution in [3.8, 4) is 0 Å². The zero-order valence-corrected chi connectivity index (χ0v) is 9.87. The van der Waals surface area contributed by atoms with Crippen LogP contribution >= 0.6 is 0 Å². The van der Waals surface area contributed by atoms with Gasteiger partial charge in [0.25, 0.3) is 5.92 Å². The van der Waals surface area contributed by atoms with Crippen LogP contribution in [0.5, 0.6) is 0 Å². The molecule has 0 bridgehead atoms. The SMILES string of the molecule is O=C(OF)c1cnc2cc(C3CC3(F)F)c(F)cc2c1. The summed E-state index contributed by atoms with van der Waals surface area (Å²) in [6.07, 6.45) is 0.651. The third-order valence-corrected chi connectivity index (χ3v) is 3.31. The topological polar surface area (TPSA) is 39.2 Å². The van der Waals surface area contributed by atoms with E-state index in [0.717, 1.165) is 12.3 Å². The van der Waals surface area contributed by atoms with Gasteiger partial charge < -0.3 is 0 Å². The first-order valence-electron chi connectivity index (χ1n) is 5.72. The van der Waals surface area contributed by atoms with E-state index in [2.05, 4.69) is 9.93 Å². The fourth-order valence-electron chi connectivity index (χ4n) is 2.14. The summed E-state index contributed by atoms with van der Waals surface area (Å²) in [6, 6.07) is 3.41. The molecule has 1 aromatic heterocycles. The molecule has 0 spiro atoms. The maximum atomic E-state index is 13.8. The predicted molar refractivity (Wildman–Crippen MR) is 60.5 cm³/mol. The third-order valence-electron chi connectivity index (χ3n) is 3.31. The molecule has 3 rings (SSSR count). The van der Waals surface area contributed by atoms with Gasteiger partial charge in [0.15, 0.2) is 0 Å². The molecule has 1 aromatic carbocycles. The number of hydrogen-bond acceptors (Lipinski definition) is 3. The highest BCUT2D eigenvalue weighted by Gasteiger charge is 2.58. The first-order chi connectivity index (χ1) is 9.42. The Morgan fingerprint density at radius 3 is 2.65 bits per heavy atom. The molecule has 1 unspecified atom stereocenters. The minimum Gasteiger partial charge on any atom is -0.255 e. The second-order valence-corrected chi connectivity index (χ2v) is 4.67. The molecule has 3 nitrogen and oxygen atoms in total. The van der Waals surface area contributed by atoms with Gasteiger partial charge in [-0.3, -0.25) is 4.98 Å². The van der Waals surface area contributed by atoms with E-state index in [4.69, 9.17) is 0 Å². The summed E-state index contributed by atoms with van der Waals surface area (Å²) < 4.78 is 51.6. The van der Waals surface area contributed by atoms with Gasteiger partial charge in [-0.15, -0.1) is 0 Å². The normalized spacial score (nSPS) is 19.9. The summed E-state index contributed by atoms with van der Waals surface area (Å²) in [4.78, 5) is 17.9. The molecular weight excluding hydrogens is 278 g/mol. The number of halogens is 4. The first-order valence-corrected chi connectivity index (χ1v) is 5.72. The van der Waals surface area contributed by atoms with Crippen LogP contribution in [0.2, 0.25) is 0 Å². The van der Waals surface area contributed by atoms with E-state index in [0.29, 0.717) is 0 Å². The molecule has 1 aliphatic rings. The average Bonchev–Trinajstić information content (AvgIpc) is 3.05. The van der Waals surface area contributed by atoms with Gasteiger partial charge in [0.05, 0.1) is 17.0 Å². The summed E-state index contributed by atoms with van der Waals surface area (Å²) in [5.74, 6) is -6.07. The number of aromatic nitrogens is 1. The molecule has 0 saturated heterocycles. The minimum absolute atomic E-state index is 0.101. The Kier molecular flexibility index (Phi) is 2.67. The van der Waals surface area contributed by atoms with Crippen molar-refractivity contribution in [2.24, 2.45) is 0 Å². The second-order valence-electron chi connectivity index (χ2n) is 4.67. The lowest BCUT2D eigenvalue weighted by atomic mass is 10.1. The Morgan fingerprint density at radius 2 is 2.05 bits per heavy atom. The van der Waals surface area contributed by atoms with E-state index in [1.807, 2.05) is 0 Å². The highest BCUT2D eigenvalue weighted by molar-refractivity contribution is 5.93. The molecule has 1 aliphatic carbocycles. The van der Waals surface area contributed by atoms with Gasteiger partial charge in [0, 0.05) is 22.5 Å². The van der Waals surface area contributed by atoms with Crippen LogP contribution in [0.4, 0.5) is 17.7 Å². The zero-order valence-electron chi connectivity index (χ0n) is 9.87. The van der Waals surface area contributed by atoms with Gasteiger partial charge in [-0.05, 0) is 23.8 Å². The van der Waals surface area contributed by atoms with Crippen molar-refractivity contribution in [3.05, 3.63) is 41.3 Å². The number of pyridine rings is 1. The fraction of sp³-hybridized carbons (Fsp3) is 0.231. The third kappa shape index (κ3) is 1.99. The summed E-state index contributed by atoms with van der Waals surface area (Å²) in [6.45, 7) is 0. The molecule has 20 heavy (non-hydrogen) atoms. The molecule has 1 saturated carbocycles. The van der Waals surface area contributed by atoms with Crippen LogP contribution in [0.1, 0.15) is 28.3 Å². The fourth-order valence-corrected chi connectivity index (χ4v) is 2.14. The number of carbonyl (C=O) groups is 1. The number of nitrogens with zero attached hydrogens (tertiary/aromatic N) is 1. The first kappa shape index (κ1) is 12.8. The van der Waals surface area contributed by atoms with Gasteiger partial charge in [-0.25, -0.2) is 22.9 Å². The van der Waals surface area contributed by atoms with Gasteiger partial charge in [0.2, 0.25) is 0 Å². The smallest absolute Gasteiger partial charge is 0.255 e. The monoisotopic (exact) mass is 285 g/mol. The van der Waals surface area contributed by atoms with Crippen molar-refractivity contribution in [2.75, 3.05) is 0 Å². The molecule has 104 valence electrons. The predicted octanol–water partition coefficient (Wildman–Crippen LogP) is 3.54. The van der Waals surface area contributed by atoms with E-state index >= 15 is 0 Å². The van der Waals surface area contributed by atoms with Gasteiger partial charge in [-0.2, -0.15) is 0 Å². The summed E-state index contributed by atoms with van der Waals surface area (Å²) in [5.41, 5.74) is -0.0424. The molecule has 2 aromatic rings. The van der Waals surface area contributed by atoms with Crippen LogP contribution in [0.15, 0.2) is 24.4 Å². The van der Waals surface area contributed by atoms with Gasteiger partial charge in [0.1, 0.15) is 5.82 Å². The van der Waals surface area contributed by atoms with Crippen LogP contribution in [0.25, 0.3) is 10.9 Å². The maximum absolute atomic E-state index is 13.8. The van der Waals surface area contributed by atoms with E-state index in [1.165, 1.54) is 12.1 Å². The molecule has 1 fully saturated rings. The summed E-state index contributed by atoms with van der Waals surface area (Å²) in [5, 5.41) is 0.207. The lowest BCUT2D eigenvalue weighted by Crippen LogP contribution is -2.01. The largest absolute Gasteiger partial charge is 0.381 e. The van der Waals surface area contributed by atoms with Crippen LogP contribution < -0.4 is 0 Å². The Balaban J connectivity index is 2.07. The number of benzene rings is 1. The number of rotatable bonds is 2. The Labute approximate surface area is 110 Å². The van der Waals surface area contributed by atoms with E-state index in [1.54, 1.807) is 0 Å². The van der Waals surface area contributed by atoms with Crippen LogP contribution in [0, 0.1) is 5.82 Å². The quantitative estimate of drug-likeness (QED) is 0.792. The van der Waals surface area contributed by atoms with Crippen LogP contribution in [0.3, 0.4) is 0 Å². The van der Waals surface area contributed by atoms with Crippen molar-refractivity contribution in [3.63, 3.8) is 0 Å². The van der Waals surface area contributed by atoms with E-state index in [9.17, 15) is 22.5 Å². The highest BCUT2D eigenvalue weighted by atomic mass is 19.3. The Bertz CT molecular complexity index is 717. The van der Waals surface area contributed by atoms with Crippen molar-refractivity contribution >= 4 is 16.9 Å². The van der Waals surface area contributed by atoms with Gasteiger partial charge in [-0.1, -0.05) is 0 Å². The van der Waals surface area contributed by atoms with Crippen molar-refractivity contribution in [2.45, 2.75) is 18.3 Å². The standard InChI is InChI=1S/C13H7F4NO2/c14-10-2-6-1-7(12(19)20-17)5-18-11(6)3-8(10)9-4-13(9,15)16/h1-3,5,9H,4H2.